The van der Waals surface area contributed by atoms with E-state index in [1.165, 1.54) is 6.07 Å². The van der Waals surface area contributed by atoms with Gasteiger partial charge in [0, 0.05) is 6.54 Å². The Balaban J connectivity index is 2.46. The first-order valence-electron chi connectivity index (χ1n) is 4.99. The molecule has 0 aromatic heterocycles. The summed E-state index contributed by atoms with van der Waals surface area (Å²) in [6.07, 6.45) is 2.29. The fraction of sp³-hybridized carbons (Fsp3) is 0.455. The topological polar surface area (TPSA) is 38.0 Å². The first-order valence-corrected chi connectivity index (χ1v) is 4.99. The van der Waals surface area contributed by atoms with E-state index < -0.39 is 0 Å². The second kappa shape index (κ2) is 5.60. The Kier molecular flexibility index (Phi) is 4.40. The van der Waals surface area contributed by atoms with Gasteiger partial charge in [0.2, 0.25) is 0 Å². The number of para-hydroxylation sites is 1. The van der Waals surface area contributed by atoms with Crippen LogP contribution in [0.3, 0.4) is 0 Å². The van der Waals surface area contributed by atoms with Crippen molar-refractivity contribution in [3.63, 3.8) is 0 Å². The van der Waals surface area contributed by atoms with Gasteiger partial charge >= 0.3 is 0 Å². The van der Waals surface area contributed by atoms with Gasteiger partial charge < -0.3 is 11.1 Å². The van der Waals surface area contributed by atoms with Gasteiger partial charge in [0.15, 0.2) is 0 Å². The molecule has 0 fully saturated rings. The largest absolute Gasteiger partial charge is 0.396 e. The Morgan fingerprint density at radius 1 is 1.43 bits per heavy atom. The van der Waals surface area contributed by atoms with Crippen molar-refractivity contribution < 1.29 is 4.39 Å². The highest BCUT2D eigenvalue weighted by Gasteiger charge is 2.02. The number of benzene rings is 1. The van der Waals surface area contributed by atoms with Gasteiger partial charge in [-0.05, 0) is 24.6 Å². The number of hydrogen-bond acceptors (Lipinski definition) is 2. The van der Waals surface area contributed by atoms with E-state index in [1.807, 2.05) is 6.07 Å². The van der Waals surface area contributed by atoms with Crippen LogP contribution in [-0.2, 0) is 6.54 Å². The molecule has 0 amide bonds. The standard InChI is InChI=1S/C11H17FN2/c1-2-3-7-14-8-9-5-4-6-10(12)11(9)13/h4-6,14H,2-3,7-8,13H2,1H3. The predicted molar refractivity (Wildman–Crippen MR) is 57.4 cm³/mol. The third kappa shape index (κ3) is 3.00. The van der Waals surface area contributed by atoms with Gasteiger partial charge in [-0.3, -0.25) is 0 Å². The summed E-state index contributed by atoms with van der Waals surface area (Å²) in [5.74, 6) is -0.334. The molecule has 1 aromatic rings. The molecule has 3 heteroatoms. The summed E-state index contributed by atoms with van der Waals surface area (Å²) in [5, 5.41) is 3.22. The van der Waals surface area contributed by atoms with Crippen LogP contribution in [0.25, 0.3) is 0 Å². The Labute approximate surface area is 84.3 Å². The molecule has 0 saturated heterocycles. The minimum Gasteiger partial charge on any atom is -0.396 e. The fourth-order valence-electron chi connectivity index (χ4n) is 1.26. The molecular formula is C11H17FN2. The Morgan fingerprint density at radius 2 is 2.21 bits per heavy atom. The van der Waals surface area contributed by atoms with Crippen LogP contribution in [0.5, 0.6) is 0 Å². The second-order valence-corrected chi connectivity index (χ2v) is 3.34. The molecule has 78 valence electrons. The number of anilines is 1. The monoisotopic (exact) mass is 196 g/mol. The lowest BCUT2D eigenvalue weighted by Crippen LogP contribution is -2.15. The molecule has 0 heterocycles. The zero-order valence-electron chi connectivity index (χ0n) is 8.52. The summed E-state index contributed by atoms with van der Waals surface area (Å²) in [5.41, 5.74) is 6.68. The van der Waals surface area contributed by atoms with Crippen LogP contribution < -0.4 is 11.1 Å². The van der Waals surface area contributed by atoms with Crippen LogP contribution in [0.1, 0.15) is 25.3 Å². The van der Waals surface area contributed by atoms with Crippen molar-refractivity contribution in [3.8, 4) is 0 Å². The van der Waals surface area contributed by atoms with E-state index in [4.69, 9.17) is 5.73 Å². The second-order valence-electron chi connectivity index (χ2n) is 3.34. The van der Waals surface area contributed by atoms with Gasteiger partial charge in [-0.1, -0.05) is 25.5 Å². The van der Waals surface area contributed by atoms with Crippen molar-refractivity contribution in [1.82, 2.24) is 5.32 Å². The summed E-state index contributed by atoms with van der Waals surface area (Å²) in [6.45, 7) is 3.73. The van der Waals surface area contributed by atoms with Gasteiger partial charge in [-0.2, -0.15) is 0 Å². The maximum Gasteiger partial charge on any atom is 0.146 e. The predicted octanol–water partition coefficient (Wildman–Crippen LogP) is 2.30. The van der Waals surface area contributed by atoms with E-state index in [2.05, 4.69) is 12.2 Å². The van der Waals surface area contributed by atoms with E-state index in [-0.39, 0.29) is 11.5 Å². The molecule has 0 radical (unpaired) electrons. The third-order valence-electron chi connectivity index (χ3n) is 2.17. The quantitative estimate of drug-likeness (QED) is 0.560. The van der Waals surface area contributed by atoms with Crippen molar-refractivity contribution in [2.75, 3.05) is 12.3 Å². The highest BCUT2D eigenvalue weighted by Crippen LogP contribution is 2.15. The minimum atomic E-state index is -0.334. The van der Waals surface area contributed by atoms with Gasteiger partial charge in [0.25, 0.3) is 0 Å². The normalized spacial score (nSPS) is 10.4. The summed E-state index contributed by atoms with van der Waals surface area (Å²) in [7, 11) is 0. The molecule has 0 aliphatic carbocycles. The van der Waals surface area contributed by atoms with Crippen LogP contribution in [-0.4, -0.2) is 6.54 Å². The zero-order valence-corrected chi connectivity index (χ0v) is 8.52. The number of halogens is 1. The van der Waals surface area contributed by atoms with Gasteiger partial charge in [0.1, 0.15) is 5.82 Å². The highest BCUT2D eigenvalue weighted by molar-refractivity contribution is 5.47. The summed E-state index contributed by atoms with van der Waals surface area (Å²) < 4.78 is 13.0. The molecule has 3 N–H and O–H groups in total. The fourth-order valence-corrected chi connectivity index (χ4v) is 1.26. The van der Waals surface area contributed by atoms with E-state index in [0.717, 1.165) is 24.9 Å². The molecule has 0 aliphatic heterocycles. The molecule has 0 aliphatic rings. The lowest BCUT2D eigenvalue weighted by Gasteiger charge is -2.07. The van der Waals surface area contributed by atoms with Crippen LogP contribution in [0.2, 0.25) is 0 Å². The van der Waals surface area contributed by atoms with Crippen molar-refractivity contribution in [1.29, 1.82) is 0 Å². The highest BCUT2D eigenvalue weighted by atomic mass is 19.1. The summed E-state index contributed by atoms with van der Waals surface area (Å²) in [4.78, 5) is 0. The molecule has 0 spiro atoms. The molecule has 1 aromatic carbocycles. The molecule has 2 nitrogen and oxygen atoms in total. The van der Waals surface area contributed by atoms with Gasteiger partial charge in [0.05, 0.1) is 5.69 Å². The maximum atomic E-state index is 13.0. The first kappa shape index (κ1) is 11.0. The number of nitrogens with one attached hydrogen (secondary N) is 1. The number of unbranched alkanes of at least 4 members (excludes halogenated alkanes) is 1. The number of nitrogen functional groups attached to an aromatic ring is 1. The lowest BCUT2D eigenvalue weighted by atomic mass is 10.1. The Hall–Kier alpha value is -1.09. The van der Waals surface area contributed by atoms with Gasteiger partial charge in [-0.25, -0.2) is 4.39 Å². The van der Waals surface area contributed by atoms with Crippen LogP contribution in [0.4, 0.5) is 10.1 Å². The van der Waals surface area contributed by atoms with Gasteiger partial charge in [-0.15, -0.1) is 0 Å². The first-order chi connectivity index (χ1) is 6.75. The summed E-state index contributed by atoms with van der Waals surface area (Å²) >= 11 is 0. The number of nitrogens with two attached hydrogens (primary N) is 1. The van der Waals surface area contributed by atoms with Crippen molar-refractivity contribution in [2.45, 2.75) is 26.3 Å². The number of rotatable bonds is 5. The average Bonchev–Trinajstić information content (AvgIpc) is 2.19. The minimum absolute atomic E-state index is 0.261. The Morgan fingerprint density at radius 3 is 2.93 bits per heavy atom. The van der Waals surface area contributed by atoms with E-state index in [0.29, 0.717) is 6.54 Å². The molecule has 0 saturated carbocycles. The lowest BCUT2D eigenvalue weighted by molar-refractivity contribution is 0.619. The van der Waals surface area contributed by atoms with E-state index in [9.17, 15) is 4.39 Å². The molecule has 0 unspecified atom stereocenters. The van der Waals surface area contributed by atoms with Crippen molar-refractivity contribution in [2.24, 2.45) is 0 Å². The zero-order chi connectivity index (χ0) is 10.4. The van der Waals surface area contributed by atoms with Crippen LogP contribution >= 0.6 is 0 Å². The van der Waals surface area contributed by atoms with Crippen molar-refractivity contribution >= 4 is 5.69 Å². The van der Waals surface area contributed by atoms with Crippen LogP contribution in [0, 0.1) is 5.82 Å². The number of hydrogen-bond donors (Lipinski definition) is 2. The van der Waals surface area contributed by atoms with E-state index in [1.54, 1.807) is 6.07 Å². The maximum absolute atomic E-state index is 13.0. The molecule has 0 bridgehead atoms. The summed E-state index contributed by atoms with van der Waals surface area (Å²) in [6, 6.07) is 4.91. The average molecular weight is 196 g/mol. The van der Waals surface area contributed by atoms with E-state index >= 15 is 0 Å². The Bertz CT molecular complexity index is 287. The van der Waals surface area contributed by atoms with Crippen molar-refractivity contribution in [3.05, 3.63) is 29.6 Å². The molecule has 14 heavy (non-hydrogen) atoms. The smallest absolute Gasteiger partial charge is 0.146 e. The molecule has 0 atom stereocenters. The third-order valence-corrected chi connectivity index (χ3v) is 2.17. The SMILES string of the molecule is CCCCNCc1cccc(F)c1N. The van der Waals surface area contributed by atoms with Crippen LogP contribution in [0.15, 0.2) is 18.2 Å². The molecule has 1 rings (SSSR count). The molecular weight excluding hydrogens is 179 g/mol.